The van der Waals surface area contributed by atoms with E-state index in [0.717, 1.165) is 0 Å². The molecule has 1 aliphatic rings. The first kappa shape index (κ1) is 18.6. The summed E-state index contributed by atoms with van der Waals surface area (Å²) < 4.78 is 0. The van der Waals surface area contributed by atoms with Gasteiger partial charge < -0.3 is 5.11 Å². The maximum Gasteiger partial charge on any atom is 0.124 e. The number of fused-ring (bicyclic) bond motifs is 7. The van der Waals surface area contributed by atoms with Crippen LogP contribution >= 0.6 is 0 Å². The number of hydrogen-bond acceptors (Lipinski definition) is 3. The summed E-state index contributed by atoms with van der Waals surface area (Å²) in [6.07, 6.45) is 1.75. The SMILES string of the molecule is Oc1ccccc1/C=N/N1Cc2ccc3ccccc3c2-c2c(ccc3ccccc23)C1. The van der Waals surface area contributed by atoms with Crippen LogP contribution in [0.5, 0.6) is 5.75 Å². The quantitative estimate of drug-likeness (QED) is 0.326. The third-order valence-electron chi connectivity index (χ3n) is 6.28. The molecule has 0 aromatic heterocycles. The Morgan fingerprint density at radius 3 is 1.75 bits per heavy atom. The maximum atomic E-state index is 10.1. The van der Waals surface area contributed by atoms with Gasteiger partial charge in [0.1, 0.15) is 5.75 Å². The number of phenols is 1. The monoisotopic (exact) mass is 414 g/mol. The molecule has 0 spiro atoms. The highest BCUT2D eigenvalue weighted by Crippen LogP contribution is 2.42. The minimum atomic E-state index is 0.240. The van der Waals surface area contributed by atoms with Gasteiger partial charge in [0.05, 0.1) is 19.3 Å². The summed E-state index contributed by atoms with van der Waals surface area (Å²) in [5.41, 5.74) is 5.83. The largest absolute Gasteiger partial charge is 0.507 e. The van der Waals surface area contributed by atoms with Crippen molar-refractivity contribution in [3.05, 3.63) is 114 Å². The van der Waals surface area contributed by atoms with Crippen molar-refractivity contribution in [2.45, 2.75) is 13.1 Å². The number of benzene rings is 5. The summed E-state index contributed by atoms with van der Waals surface area (Å²) in [5, 5.41) is 22.0. The Balaban J connectivity index is 1.58. The lowest BCUT2D eigenvalue weighted by molar-refractivity contribution is 0.276. The van der Waals surface area contributed by atoms with Crippen LogP contribution < -0.4 is 0 Å². The first-order valence-corrected chi connectivity index (χ1v) is 10.9. The van der Waals surface area contributed by atoms with Crippen molar-refractivity contribution < 1.29 is 5.11 Å². The summed E-state index contributed by atoms with van der Waals surface area (Å²) in [5.74, 6) is 0.240. The zero-order chi connectivity index (χ0) is 21.5. The van der Waals surface area contributed by atoms with Gasteiger partial charge in [0, 0.05) is 5.56 Å². The van der Waals surface area contributed by atoms with Gasteiger partial charge in [-0.1, -0.05) is 84.9 Å². The molecule has 0 radical (unpaired) electrons. The van der Waals surface area contributed by atoms with E-state index in [2.05, 4.69) is 77.8 Å². The Bertz CT molecular complexity index is 1420. The first-order chi connectivity index (χ1) is 15.8. The summed E-state index contributed by atoms with van der Waals surface area (Å²) in [6.45, 7) is 1.40. The van der Waals surface area contributed by atoms with Crippen molar-refractivity contribution >= 4 is 27.8 Å². The lowest BCUT2D eigenvalue weighted by Gasteiger charge is -2.17. The van der Waals surface area contributed by atoms with E-state index >= 15 is 0 Å². The summed E-state index contributed by atoms with van der Waals surface area (Å²) in [4.78, 5) is 0. The molecule has 0 unspecified atom stereocenters. The Morgan fingerprint density at radius 1 is 0.625 bits per heavy atom. The molecule has 1 N–H and O–H groups in total. The molecule has 5 aromatic carbocycles. The summed E-state index contributed by atoms with van der Waals surface area (Å²) in [6, 6.07) is 33.4. The van der Waals surface area contributed by atoms with E-state index in [1.165, 1.54) is 43.8 Å². The highest BCUT2D eigenvalue weighted by atomic mass is 16.3. The zero-order valence-electron chi connectivity index (χ0n) is 17.6. The van der Waals surface area contributed by atoms with E-state index < -0.39 is 0 Å². The molecule has 3 nitrogen and oxygen atoms in total. The van der Waals surface area contributed by atoms with Crippen LogP contribution in [-0.4, -0.2) is 16.3 Å². The fourth-order valence-electron chi connectivity index (χ4n) is 4.76. The highest BCUT2D eigenvalue weighted by molar-refractivity contribution is 6.08. The lowest BCUT2D eigenvalue weighted by Crippen LogP contribution is -2.15. The fraction of sp³-hybridized carbons (Fsp3) is 0.0690. The van der Waals surface area contributed by atoms with Gasteiger partial charge >= 0.3 is 0 Å². The molecule has 0 atom stereocenters. The van der Waals surface area contributed by atoms with E-state index in [0.29, 0.717) is 18.7 Å². The number of nitrogens with zero attached hydrogens (tertiary/aromatic N) is 2. The Morgan fingerprint density at radius 2 is 1.16 bits per heavy atom. The smallest absolute Gasteiger partial charge is 0.124 e. The van der Waals surface area contributed by atoms with Gasteiger partial charge in [0.25, 0.3) is 0 Å². The fourth-order valence-corrected chi connectivity index (χ4v) is 4.76. The second kappa shape index (κ2) is 7.54. The zero-order valence-corrected chi connectivity index (χ0v) is 17.6. The number of aromatic hydroxyl groups is 1. The van der Waals surface area contributed by atoms with Crippen LogP contribution in [0.1, 0.15) is 16.7 Å². The second-order valence-corrected chi connectivity index (χ2v) is 8.27. The molecule has 0 amide bonds. The molecule has 0 saturated heterocycles. The lowest BCUT2D eigenvalue weighted by atomic mass is 9.88. The van der Waals surface area contributed by atoms with E-state index in [4.69, 9.17) is 5.10 Å². The molecule has 154 valence electrons. The third-order valence-corrected chi connectivity index (χ3v) is 6.28. The average Bonchev–Trinajstić information content (AvgIpc) is 3.00. The third kappa shape index (κ3) is 3.10. The number of hydrogen-bond donors (Lipinski definition) is 1. The van der Waals surface area contributed by atoms with Gasteiger partial charge in [0.15, 0.2) is 0 Å². The predicted molar refractivity (Wildman–Crippen MR) is 132 cm³/mol. The molecule has 0 saturated carbocycles. The second-order valence-electron chi connectivity index (χ2n) is 8.27. The average molecular weight is 415 g/mol. The molecule has 0 aliphatic carbocycles. The molecular formula is C29H22N2O. The summed E-state index contributed by atoms with van der Waals surface area (Å²) >= 11 is 0. The van der Waals surface area contributed by atoms with Crippen molar-refractivity contribution in [1.29, 1.82) is 0 Å². The molecule has 32 heavy (non-hydrogen) atoms. The van der Waals surface area contributed by atoms with Crippen molar-refractivity contribution in [3.8, 4) is 16.9 Å². The van der Waals surface area contributed by atoms with E-state index in [1.807, 2.05) is 18.2 Å². The van der Waals surface area contributed by atoms with Gasteiger partial charge in [0.2, 0.25) is 0 Å². The van der Waals surface area contributed by atoms with Crippen LogP contribution in [0, 0.1) is 0 Å². The maximum absolute atomic E-state index is 10.1. The minimum Gasteiger partial charge on any atom is -0.507 e. The van der Waals surface area contributed by atoms with E-state index in [9.17, 15) is 5.11 Å². The normalized spacial score (nSPS) is 13.3. The van der Waals surface area contributed by atoms with Crippen molar-refractivity contribution in [3.63, 3.8) is 0 Å². The van der Waals surface area contributed by atoms with Gasteiger partial charge in [-0.3, -0.25) is 5.01 Å². The van der Waals surface area contributed by atoms with Crippen LogP contribution in [0.3, 0.4) is 0 Å². The standard InChI is InChI=1S/C29H22N2O/c32-27-12-6-3-9-22(27)17-30-31-18-23-15-13-20-7-1-4-10-25(20)28(23)29-24(19-31)16-14-21-8-2-5-11-26(21)29/h1-17,32H,18-19H2/b30-17+. The van der Waals surface area contributed by atoms with Gasteiger partial charge in [-0.05, 0) is 55.9 Å². The van der Waals surface area contributed by atoms with Crippen molar-refractivity contribution in [2.75, 3.05) is 0 Å². The molecule has 6 rings (SSSR count). The first-order valence-electron chi connectivity index (χ1n) is 10.9. The molecule has 1 heterocycles. The molecule has 1 aliphatic heterocycles. The number of phenolic OH excluding ortho intramolecular Hbond substituents is 1. The van der Waals surface area contributed by atoms with Crippen LogP contribution in [0.2, 0.25) is 0 Å². The Labute approximate surface area is 186 Å². The molecular weight excluding hydrogens is 392 g/mol. The molecule has 0 bridgehead atoms. The van der Waals surface area contributed by atoms with Crippen LogP contribution in [0.4, 0.5) is 0 Å². The minimum absolute atomic E-state index is 0.240. The van der Waals surface area contributed by atoms with E-state index in [-0.39, 0.29) is 5.75 Å². The van der Waals surface area contributed by atoms with Crippen molar-refractivity contribution in [1.82, 2.24) is 5.01 Å². The molecule has 3 heteroatoms. The van der Waals surface area contributed by atoms with Crippen LogP contribution in [-0.2, 0) is 13.1 Å². The Kier molecular flexibility index (Phi) is 4.39. The topological polar surface area (TPSA) is 35.8 Å². The van der Waals surface area contributed by atoms with Gasteiger partial charge in [-0.2, -0.15) is 5.10 Å². The number of hydrazone groups is 1. The molecule has 0 fully saturated rings. The Hall–Kier alpha value is -4.11. The van der Waals surface area contributed by atoms with Crippen LogP contribution in [0.15, 0.2) is 102 Å². The number of para-hydroxylation sites is 1. The van der Waals surface area contributed by atoms with Gasteiger partial charge in [-0.15, -0.1) is 0 Å². The highest BCUT2D eigenvalue weighted by Gasteiger charge is 2.22. The number of rotatable bonds is 2. The van der Waals surface area contributed by atoms with Crippen LogP contribution in [0.25, 0.3) is 32.7 Å². The predicted octanol–water partition coefficient (Wildman–Crippen LogP) is 6.72. The van der Waals surface area contributed by atoms with E-state index in [1.54, 1.807) is 12.3 Å². The molecule has 5 aromatic rings. The van der Waals surface area contributed by atoms with Crippen molar-refractivity contribution in [2.24, 2.45) is 5.10 Å². The summed E-state index contributed by atoms with van der Waals surface area (Å²) in [7, 11) is 0. The van der Waals surface area contributed by atoms with Gasteiger partial charge in [-0.25, -0.2) is 0 Å².